The number of likely N-dealkylation sites (N-methyl/N-ethyl adjacent to an activating group) is 1. The first-order valence-electron chi connectivity index (χ1n) is 9.64. The van der Waals surface area contributed by atoms with E-state index in [1.807, 2.05) is 30.3 Å². The van der Waals surface area contributed by atoms with Gasteiger partial charge in [-0.15, -0.1) is 0 Å². The van der Waals surface area contributed by atoms with Crippen molar-refractivity contribution in [1.29, 1.82) is 0 Å². The third-order valence-electron chi connectivity index (χ3n) is 4.84. The van der Waals surface area contributed by atoms with E-state index in [9.17, 15) is 9.59 Å². The monoisotopic (exact) mass is 382 g/mol. The number of pyridine rings is 1. The summed E-state index contributed by atoms with van der Waals surface area (Å²) >= 11 is 0. The van der Waals surface area contributed by atoms with Crippen molar-refractivity contribution in [3.8, 4) is 0 Å². The third-order valence-corrected chi connectivity index (χ3v) is 4.84. The Morgan fingerprint density at radius 3 is 2.46 bits per heavy atom. The van der Waals surface area contributed by atoms with Gasteiger partial charge in [-0.3, -0.25) is 14.6 Å². The van der Waals surface area contributed by atoms with Crippen LogP contribution in [0.5, 0.6) is 0 Å². The van der Waals surface area contributed by atoms with E-state index in [0.717, 1.165) is 5.56 Å². The molecule has 0 aliphatic heterocycles. The lowest BCUT2D eigenvalue weighted by atomic mass is 10.0. The maximum absolute atomic E-state index is 13.1. The lowest BCUT2D eigenvalue weighted by Gasteiger charge is -2.26. The number of carbonyl (C=O) groups excluding carboxylic acids is 2. The van der Waals surface area contributed by atoms with E-state index >= 15 is 0 Å². The largest absolute Gasteiger partial charge is 0.344 e. The van der Waals surface area contributed by atoms with Gasteiger partial charge in [-0.25, -0.2) is 0 Å². The lowest BCUT2D eigenvalue weighted by molar-refractivity contribution is -0.132. The van der Waals surface area contributed by atoms with E-state index in [0.29, 0.717) is 30.9 Å². The molecule has 1 aromatic carbocycles. The molecule has 0 saturated carbocycles. The molecule has 0 bridgehead atoms. The topological polar surface area (TPSA) is 88.3 Å². The SMILES string of the molecule is CC(C)C(N)CCN(C)C(=O)C(Cc1ccccc1)NC(=O)c1cccnc1. The summed E-state index contributed by atoms with van der Waals surface area (Å²) < 4.78 is 0. The highest BCUT2D eigenvalue weighted by molar-refractivity contribution is 5.97. The molecule has 28 heavy (non-hydrogen) atoms. The number of rotatable bonds is 9. The average molecular weight is 383 g/mol. The zero-order valence-corrected chi connectivity index (χ0v) is 16.8. The number of hydrogen-bond acceptors (Lipinski definition) is 4. The Morgan fingerprint density at radius 1 is 1.14 bits per heavy atom. The van der Waals surface area contributed by atoms with Crippen molar-refractivity contribution in [3.05, 3.63) is 66.0 Å². The minimum Gasteiger partial charge on any atom is -0.344 e. The molecule has 1 heterocycles. The first-order chi connectivity index (χ1) is 13.4. The third kappa shape index (κ3) is 6.46. The summed E-state index contributed by atoms with van der Waals surface area (Å²) in [6.45, 7) is 4.68. The first-order valence-corrected chi connectivity index (χ1v) is 9.64. The summed E-state index contributed by atoms with van der Waals surface area (Å²) in [7, 11) is 1.75. The van der Waals surface area contributed by atoms with Crippen molar-refractivity contribution >= 4 is 11.8 Å². The van der Waals surface area contributed by atoms with Crippen LogP contribution in [-0.4, -0.2) is 47.4 Å². The fourth-order valence-electron chi connectivity index (χ4n) is 2.84. The Kier molecular flexibility index (Phi) is 8.14. The zero-order chi connectivity index (χ0) is 20.5. The fraction of sp³-hybridized carbons (Fsp3) is 0.409. The highest BCUT2D eigenvalue weighted by Gasteiger charge is 2.25. The van der Waals surface area contributed by atoms with Crippen LogP contribution in [0.2, 0.25) is 0 Å². The van der Waals surface area contributed by atoms with Crippen LogP contribution in [0.3, 0.4) is 0 Å². The van der Waals surface area contributed by atoms with Crippen LogP contribution in [0.25, 0.3) is 0 Å². The number of nitrogens with one attached hydrogen (secondary N) is 1. The number of carbonyl (C=O) groups is 2. The molecule has 2 unspecified atom stereocenters. The Bertz CT molecular complexity index is 750. The second-order valence-corrected chi connectivity index (χ2v) is 7.41. The van der Waals surface area contributed by atoms with Crippen LogP contribution < -0.4 is 11.1 Å². The van der Waals surface area contributed by atoms with E-state index < -0.39 is 6.04 Å². The fourth-order valence-corrected chi connectivity index (χ4v) is 2.84. The zero-order valence-electron chi connectivity index (χ0n) is 16.8. The Hall–Kier alpha value is -2.73. The summed E-state index contributed by atoms with van der Waals surface area (Å²) in [5.74, 6) is -0.0828. The Labute approximate surface area is 167 Å². The van der Waals surface area contributed by atoms with Gasteiger partial charge in [0.2, 0.25) is 5.91 Å². The van der Waals surface area contributed by atoms with E-state index in [1.54, 1.807) is 30.3 Å². The van der Waals surface area contributed by atoms with Gasteiger partial charge < -0.3 is 16.0 Å². The van der Waals surface area contributed by atoms with Gasteiger partial charge in [0.05, 0.1) is 5.56 Å². The molecule has 2 aromatic rings. The molecule has 6 heteroatoms. The van der Waals surface area contributed by atoms with Crippen molar-refractivity contribution < 1.29 is 9.59 Å². The van der Waals surface area contributed by atoms with Crippen molar-refractivity contribution in [2.45, 2.75) is 38.8 Å². The Morgan fingerprint density at radius 2 is 1.86 bits per heavy atom. The molecule has 0 saturated heterocycles. The molecule has 0 radical (unpaired) electrons. The van der Waals surface area contributed by atoms with Gasteiger partial charge in [0.15, 0.2) is 0 Å². The van der Waals surface area contributed by atoms with Gasteiger partial charge in [-0.1, -0.05) is 44.2 Å². The smallest absolute Gasteiger partial charge is 0.253 e. The van der Waals surface area contributed by atoms with Crippen LogP contribution >= 0.6 is 0 Å². The number of amides is 2. The Balaban J connectivity index is 2.10. The predicted molar refractivity (Wildman–Crippen MR) is 111 cm³/mol. The van der Waals surface area contributed by atoms with Gasteiger partial charge in [-0.05, 0) is 30.0 Å². The van der Waals surface area contributed by atoms with Crippen LogP contribution in [-0.2, 0) is 11.2 Å². The van der Waals surface area contributed by atoms with Crippen LogP contribution in [0.1, 0.15) is 36.2 Å². The average Bonchev–Trinajstić information content (AvgIpc) is 2.71. The minimum absolute atomic E-state index is 0.0350. The molecule has 2 amide bonds. The first kappa shape index (κ1) is 21.6. The maximum Gasteiger partial charge on any atom is 0.253 e. The van der Waals surface area contributed by atoms with Crippen LogP contribution in [0.15, 0.2) is 54.9 Å². The van der Waals surface area contributed by atoms with E-state index in [2.05, 4.69) is 24.1 Å². The normalized spacial score (nSPS) is 13.0. The van der Waals surface area contributed by atoms with Gasteiger partial charge >= 0.3 is 0 Å². The van der Waals surface area contributed by atoms with Crippen LogP contribution in [0, 0.1) is 5.92 Å². The van der Waals surface area contributed by atoms with Crippen molar-refractivity contribution in [1.82, 2.24) is 15.2 Å². The quantitative estimate of drug-likeness (QED) is 0.696. The van der Waals surface area contributed by atoms with Gasteiger partial charge in [0, 0.05) is 38.4 Å². The summed E-state index contributed by atoms with van der Waals surface area (Å²) in [4.78, 5) is 31.3. The second kappa shape index (κ2) is 10.6. The molecular formula is C22H30N4O2. The molecular weight excluding hydrogens is 352 g/mol. The van der Waals surface area contributed by atoms with Gasteiger partial charge in [0.1, 0.15) is 6.04 Å². The molecule has 0 aliphatic carbocycles. The van der Waals surface area contributed by atoms with E-state index in [-0.39, 0.29) is 17.9 Å². The highest BCUT2D eigenvalue weighted by Crippen LogP contribution is 2.09. The number of nitrogens with zero attached hydrogens (tertiary/aromatic N) is 2. The number of hydrogen-bond donors (Lipinski definition) is 2. The maximum atomic E-state index is 13.1. The van der Waals surface area contributed by atoms with Gasteiger partial charge in [0.25, 0.3) is 5.91 Å². The summed E-state index contributed by atoms with van der Waals surface area (Å²) in [6, 6.07) is 12.4. The molecule has 2 atom stereocenters. The molecule has 150 valence electrons. The van der Waals surface area contributed by atoms with E-state index in [4.69, 9.17) is 5.73 Å². The summed E-state index contributed by atoms with van der Waals surface area (Å²) in [6.07, 6.45) is 4.24. The minimum atomic E-state index is -0.657. The van der Waals surface area contributed by atoms with Crippen molar-refractivity contribution in [2.75, 3.05) is 13.6 Å². The molecule has 3 N–H and O–H groups in total. The number of benzene rings is 1. The highest BCUT2D eigenvalue weighted by atomic mass is 16.2. The number of nitrogens with two attached hydrogens (primary N) is 1. The lowest BCUT2D eigenvalue weighted by Crippen LogP contribution is -2.49. The van der Waals surface area contributed by atoms with Gasteiger partial charge in [-0.2, -0.15) is 0 Å². The van der Waals surface area contributed by atoms with Crippen molar-refractivity contribution in [3.63, 3.8) is 0 Å². The molecule has 6 nitrogen and oxygen atoms in total. The number of aromatic nitrogens is 1. The molecule has 0 fully saturated rings. The molecule has 0 spiro atoms. The summed E-state index contributed by atoms with van der Waals surface area (Å²) in [5.41, 5.74) is 7.52. The van der Waals surface area contributed by atoms with Crippen LogP contribution in [0.4, 0.5) is 0 Å². The second-order valence-electron chi connectivity index (χ2n) is 7.41. The summed E-state index contributed by atoms with van der Waals surface area (Å²) in [5, 5.41) is 2.87. The van der Waals surface area contributed by atoms with E-state index in [1.165, 1.54) is 6.20 Å². The van der Waals surface area contributed by atoms with Crippen molar-refractivity contribution in [2.24, 2.45) is 11.7 Å². The molecule has 0 aliphatic rings. The standard InChI is InChI=1S/C22H30N4O2/c1-16(2)19(23)11-13-26(3)22(28)20(14-17-8-5-4-6-9-17)25-21(27)18-10-7-12-24-15-18/h4-10,12,15-16,19-20H,11,13-14,23H2,1-3H3,(H,25,27). The molecule has 2 rings (SSSR count). The predicted octanol–water partition coefficient (Wildman–Crippen LogP) is 2.25. The molecule has 1 aromatic heterocycles.